The van der Waals surface area contributed by atoms with Crippen LogP contribution in [0, 0.1) is 19.8 Å². The van der Waals surface area contributed by atoms with Gasteiger partial charge in [-0.15, -0.1) is 0 Å². The highest BCUT2D eigenvalue weighted by Gasteiger charge is 2.27. The van der Waals surface area contributed by atoms with Crippen LogP contribution in [0.25, 0.3) is 0 Å². The molecule has 0 aliphatic carbocycles. The second-order valence-corrected chi connectivity index (χ2v) is 3.84. The number of anilines is 1. The Balaban J connectivity index is 2.10. The van der Waals surface area contributed by atoms with Crippen molar-refractivity contribution in [3.63, 3.8) is 0 Å². The fourth-order valence-electron chi connectivity index (χ4n) is 1.71. The number of rotatable bonds is 2. The molecule has 0 saturated carbocycles. The molecular weight excluding hydrogens is 181 g/mol. The van der Waals surface area contributed by atoms with Crippen molar-refractivity contribution in [2.24, 2.45) is 5.92 Å². The summed E-state index contributed by atoms with van der Waals surface area (Å²) < 4.78 is 12.2. The topological polar surface area (TPSA) is 29.0 Å². The minimum Gasteiger partial charge on any atom is -0.356 e. The Labute approximate surface area is 83.0 Å². The number of aryl methyl sites for hydroxylation is 2. The van der Waals surface area contributed by atoms with E-state index in [1.54, 1.807) is 0 Å². The number of aromatic nitrogens is 2. The molecule has 3 nitrogen and oxygen atoms in total. The predicted molar refractivity (Wildman–Crippen MR) is 53.2 cm³/mol. The molecule has 1 aromatic heterocycles. The fourth-order valence-corrected chi connectivity index (χ4v) is 1.71. The van der Waals surface area contributed by atoms with Crippen molar-refractivity contribution in [3.8, 4) is 0 Å². The van der Waals surface area contributed by atoms with Gasteiger partial charge in [0.1, 0.15) is 11.6 Å². The molecular formula is C10H14FN3. The van der Waals surface area contributed by atoms with E-state index in [1.807, 2.05) is 19.9 Å². The van der Waals surface area contributed by atoms with Crippen molar-refractivity contribution in [1.82, 2.24) is 9.97 Å². The third-order valence-electron chi connectivity index (χ3n) is 2.45. The predicted octanol–water partition coefficient (Wildman–Crippen LogP) is 1.50. The van der Waals surface area contributed by atoms with Gasteiger partial charge in [-0.25, -0.2) is 9.97 Å². The summed E-state index contributed by atoms with van der Waals surface area (Å²) in [6.07, 6.45) is 0. The highest BCUT2D eigenvalue weighted by Crippen LogP contribution is 2.23. The largest absolute Gasteiger partial charge is 0.356 e. The number of hydrogen-bond acceptors (Lipinski definition) is 3. The lowest BCUT2D eigenvalue weighted by Crippen LogP contribution is -2.48. The van der Waals surface area contributed by atoms with Gasteiger partial charge in [0.15, 0.2) is 0 Å². The summed E-state index contributed by atoms with van der Waals surface area (Å²) in [6, 6.07) is 1.95. The number of halogens is 1. The average molecular weight is 195 g/mol. The normalized spacial score (nSPS) is 16.9. The number of hydrogen-bond donors (Lipinski definition) is 0. The number of alkyl halides is 1. The molecule has 2 heterocycles. The quantitative estimate of drug-likeness (QED) is 0.716. The molecule has 4 heteroatoms. The van der Waals surface area contributed by atoms with Crippen LogP contribution in [0.15, 0.2) is 6.07 Å². The van der Waals surface area contributed by atoms with E-state index < -0.39 is 0 Å². The molecule has 76 valence electrons. The molecule has 2 rings (SSSR count). The zero-order valence-corrected chi connectivity index (χ0v) is 8.50. The standard InChI is InChI=1S/C10H14FN3/c1-7-3-10(13-8(2)12-7)14-5-9(4-11)6-14/h3,9H,4-6H2,1-2H3. The molecule has 0 radical (unpaired) electrons. The zero-order valence-electron chi connectivity index (χ0n) is 8.50. The molecule has 1 aliphatic heterocycles. The molecule has 0 unspecified atom stereocenters. The van der Waals surface area contributed by atoms with Gasteiger partial charge in [-0.3, -0.25) is 4.39 Å². The lowest BCUT2D eigenvalue weighted by molar-refractivity contribution is 0.304. The van der Waals surface area contributed by atoms with Crippen LogP contribution in [-0.4, -0.2) is 29.7 Å². The molecule has 0 bridgehead atoms. The van der Waals surface area contributed by atoms with Gasteiger partial charge < -0.3 is 4.90 Å². The van der Waals surface area contributed by atoms with Gasteiger partial charge in [0.2, 0.25) is 0 Å². The van der Waals surface area contributed by atoms with Gasteiger partial charge in [0.05, 0.1) is 6.67 Å². The van der Waals surface area contributed by atoms with Crippen molar-refractivity contribution in [2.75, 3.05) is 24.7 Å². The smallest absolute Gasteiger partial charge is 0.132 e. The van der Waals surface area contributed by atoms with Crippen molar-refractivity contribution in [2.45, 2.75) is 13.8 Å². The number of nitrogens with zero attached hydrogens (tertiary/aromatic N) is 3. The monoisotopic (exact) mass is 195 g/mol. The third-order valence-corrected chi connectivity index (χ3v) is 2.45. The van der Waals surface area contributed by atoms with Crippen molar-refractivity contribution in [1.29, 1.82) is 0 Å². The van der Waals surface area contributed by atoms with Crippen molar-refractivity contribution in [3.05, 3.63) is 17.6 Å². The summed E-state index contributed by atoms with van der Waals surface area (Å²) >= 11 is 0. The molecule has 0 amide bonds. The van der Waals surface area contributed by atoms with Crippen LogP contribution in [0.1, 0.15) is 11.5 Å². The van der Waals surface area contributed by atoms with Crippen LogP contribution in [-0.2, 0) is 0 Å². The van der Waals surface area contributed by atoms with Gasteiger partial charge >= 0.3 is 0 Å². The van der Waals surface area contributed by atoms with Gasteiger partial charge in [-0.1, -0.05) is 0 Å². The van der Waals surface area contributed by atoms with E-state index in [0.29, 0.717) is 0 Å². The molecule has 1 aliphatic rings. The summed E-state index contributed by atoms with van der Waals surface area (Å²) in [5, 5.41) is 0. The minimum atomic E-state index is -0.223. The van der Waals surface area contributed by atoms with E-state index in [-0.39, 0.29) is 12.6 Å². The van der Waals surface area contributed by atoms with E-state index in [1.165, 1.54) is 0 Å². The Bertz CT molecular complexity index is 314. The van der Waals surface area contributed by atoms with Gasteiger partial charge in [-0.2, -0.15) is 0 Å². The Hall–Kier alpha value is -1.19. The van der Waals surface area contributed by atoms with E-state index in [0.717, 1.165) is 30.4 Å². The molecule has 0 spiro atoms. The molecule has 1 fully saturated rings. The van der Waals surface area contributed by atoms with Crippen LogP contribution < -0.4 is 4.90 Å². The second kappa shape index (κ2) is 3.52. The van der Waals surface area contributed by atoms with Crippen LogP contribution in [0.5, 0.6) is 0 Å². The van der Waals surface area contributed by atoms with Gasteiger partial charge in [-0.05, 0) is 13.8 Å². The van der Waals surface area contributed by atoms with Crippen LogP contribution in [0.4, 0.5) is 10.2 Å². The minimum absolute atomic E-state index is 0.200. The molecule has 1 aromatic rings. The Morgan fingerprint density at radius 3 is 2.71 bits per heavy atom. The van der Waals surface area contributed by atoms with Crippen LogP contribution in [0.2, 0.25) is 0 Å². The first-order valence-corrected chi connectivity index (χ1v) is 4.82. The summed E-state index contributed by atoms with van der Waals surface area (Å²) in [5.41, 5.74) is 0.969. The highest BCUT2D eigenvalue weighted by atomic mass is 19.1. The van der Waals surface area contributed by atoms with E-state index in [9.17, 15) is 4.39 Å². The maximum atomic E-state index is 12.2. The lowest BCUT2D eigenvalue weighted by atomic mass is 10.0. The maximum absolute atomic E-state index is 12.2. The summed E-state index contributed by atoms with van der Waals surface area (Å²) in [6.45, 7) is 5.17. The second-order valence-electron chi connectivity index (χ2n) is 3.84. The van der Waals surface area contributed by atoms with Crippen LogP contribution >= 0.6 is 0 Å². The highest BCUT2D eigenvalue weighted by molar-refractivity contribution is 5.42. The first-order valence-electron chi connectivity index (χ1n) is 4.82. The molecule has 1 saturated heterocycles. The van der Waals surface area contributed by atoms with Gasteiger partial charge in [0.25, 0.3) is 0 Å². The Morgan fingerprint density at radius 1 is 1.43 bits per heavy atom. The first-order chi connectivity index (χ1) is 6.69. The van der Waals surface area contributed by atoms with Crippen LogP contribution in [0.3, 0.4) is 0 Å². The molecule has 0 aromatic carbocycles. The van der Waals surface area contributed by atoms with E-state index in [2.05, 4.69) is 14.9 Å². The first kappa shape index (κ1) is 9.37. The third kappa shape index (κ3) is 1.69. The summed E-state index contributed by atoms with van der Waals surface area (Å²) in [5.74, 6) is 1.91. The van der Waals surface area contributed by atoms with E-state index >= 15 is 0 Å². The van der Waals surface area contributed by atoms with Crippen molar-refractivity contribution < 1.29 is 4.39 Å². The Kier molecular flexibility index (Phi) is 2.35. The average Bonchev–Trinajstić information content (AvgIpc) is 2.00. The summed E-state index contributed by atoms with van der Waals surface area (Å²) in [4.78, 5) is 10.6. The lowest BCUT2D eigenvalue weighted by Gasteiger charge is -2.38. The zero-order chi connectivity index (χ0) is 10.1. The van der Waals surface area contributed by atoms with Gasteiger partial charge in [0, 0.05) is 30.8 Å². The maximum Gasteiger partial charge on any atom is 0.132 e. The summed E-state index contributed by atoms with van der Waals surface area (Å²) in [7, 11) is 0. The molecule has 14 heavy (non-hydrogen) atoms. The Morgan fingerprint density at radius 2 is 2.14 bits per heavy atom. The molecule has 0 N–H and O–H groups in total. The SMILES string of the molecule is Cc1cc(N2CC(CF)C2)nc(C)n1. The van der Waals surface area contributed by atoms with E-state index in [4.69, 9.17) is 0 Å². The fraction of sp³-hybridized carbons (Fsp3) is 0.600. The molecule has 0 atom stereocenters. The van der Waals surface area contributed by atoms with Crippen molar-refractivity contribution >= 4 is 5.82 Å².